The first-order valence-corrected chi connectivity index (χ1v) is 8.22. The van der Waals surface area contributed by atoms with E-state index in [1.54, 1.807) is 11.0 Å². The Bertz CT molecular complexity index is 667. The van der Waals surface area contributed by atoms with Crippen molar-refractivity contribution >= 4 is 5.91 Å². The molecular formula is C17H21N5O. The fourth-order valence-corrected chi connectivity index (χ4v) is 3.77. The minimum atomic E-state index is 0.123. The van der Waals surface area contributed by atoms with Crippen LogP contribution in [-0.4, -0.2) is 44.7 Å². The van der Waals surface area contributed by atoms with Crippen LogP contribution in [0.1, 0.15) is 24.8 Å². The summed E-state index contributed by atoms with van der Waals surface area (Å²) < 4.78 is 1.71. The highest BCUT2D eigenvalue weighted by molar-refractivity contribution is 5.78. The molecule has 1 amide bonds. The van der Waals surface area contributed by atoms with Crippen LogP contribution in [0.5, 0.6) is 0 Å². The third-order valence-electron chi connectivity index (χ3n) is 4.98. The van der Waals surface area contributed by atoms with E-state index in [0.717, 1.165) is 23.7 Å². The van der Waals surface area contributed by atoms with E-state index < -0.39 is 0 Å². The van der Waals surface area contributed by atoms with E-state index in [9.17, 15) is 4.79 Å². The van der Waals surface area contributed by atoms with E-state index in [4.69, 9.17) is 0 Å². The molecule has 1 aromatic carbocycles. The first kappa shape index (κ1) is 14.4. The highest BCUT2D eigenvalue weighted by Crippen LogP contribution is 2.36. The van der Waals surface area contributed by atoms with Crippen molar-refractivity contribution in [1.82, 2.24) is 25.0 Å². The number of carbonyl (C=O) groups is 1. The molecule has 0 spiro atoms. The Balaban J connectivity index is 1.28. The summed E-state index contributed by atoms with van der Waals surface area (Å²) in [6, 6.07) is 8.63. The summed E-state index contributed by atoms with van der Waals surface area (Å²) in [5, 5.41) is 7.12. The monoisotopic (exact) mass is 311 g/mol. The van der Waals surface area contributed by atoms with Crippen LogP contribution in [0.4, 0.5) is 0 Å². The van der Waals surface area contributed by atoms with Crippen LogP contribution in [0.2, 0.25) is 0 Å². The van der Waals surface area contributed by atoms with Gasteiger partial charge in [-0.2, -0.15) is 5.10 Å². The first-order valence-electron chi connectivity index (χ1n) is 8.22. The standard InChI is InChI=1S/C17H21N5O/c23-17(10-21-9-14-3-6-16(21)7-14)19-8-13-1-4-15(5-2-13)22-12-18-11-20-22/h1-2,4-5,11-12,14,16H,3,6-10H2,(H,19,23)/t14-,16+/m0/s1. The number of hydrogen-bond acceptors (Lipinski definition) is 4. The predicted molar refractivity (Wildman–Crippen MR) is 85.9 cm³/mol. The highest BCUT2D eigenvalue weighted by atomic mass is 16.2. The van der Waals surface area contributed by atoms with Crippen molar-refractivity contribution in [3.05, 3.63) is 42.5 Å². The summed E-state index contributed by atoms with van der Waals surface area (Å²) in [5.41, 5.74) is 2.05. The van der Waals surface area contributed by atoms with Gasteiger partial charge in [0.05, 0.1) is 12.2 Å². The number of aromatic nitrogens is 3. The summed E-state index contributed by atoms with van der Waals surface area (Å²) in [6.45, 7) is 2.21. The number of fused-ring (bicyclic) bond motifs is 2. The Morgan fingerprint density at radius 2 is 2.13 bits per heavy atom. The Kier molecular flexibility index (Phi) is 3.83. The van der Waals surface area contributed by atoms with Gasteiger partial charge < -0.3 is 5.32 Å². The Labute approximate surface area is 135 Å². The molecule has 2 atom stereocenters. The molecule has 4 rings (SSSR count). The molecule has 1 saturated carbocycles. The Morgan fingerprint density at radius 1 is 1.26 bits per heavy atom. The van der Waals surface area contributed by atoms with Crippen LogP contribution >= 0.6 is 0 Å². The van der Waals surface area contributed by atoms with Crippen LogP contribution < -0.4 is 5.32 Å². The average Bonchev–Trinajstić information content (AvgIpc) is 3.31. The van der Waals surface area contributed by atoms with Gasteiger partial charge in [0.2, 0.25) is 5.91 Å². The van der Waals surface area contributed by atoms with Gasteiger partial charge in [0.1, 0.15) is 12.7 Å². The summed E-state index contributed by atoms with van der Waals surface area (Å²) >= 11 is 0. The van der Waals surface area contributed by atoms with Gasteiger partial charge in [-0.25, -0.2) is 9.67 Å². The van der Waals surface area contributed by atoms with Crippen molar-refractivity contribution in [2.45, 2.75) is 31.8 Å². The smallest absolute Gasteiger partial charge is 0.234 e. The third kappa shape index (κ3) is 3.12. The van der Waals surface area contributed by atoms with Gasteiger partial charge in [0.25, 0.3) is 0 Å². The second-order valence-corrected chi connectivity index (χ2v) is 6.55. The van der Waals surface area contributed by atoms with Crippen LogP contribution in [-0.2, 0) is 11.3 Å². The van der Waals surface area contributed by atoms with Gasteiger partial charge in [-0.1, -0.05) is 12.1 Å². The maximum atomic E-state index is 12.1. The molecule has 2 bridgehead atoms. The predicted octanol–water partition coefficient (Wildman–Crippen LogP) is 1.37. The molecule has 23 heavy (non-hydrogen) atoms. The molecule has 6 heteroatoms. The average molecular weight is 311 g/mol. The van der Waals surface area contributed by atoms with Gasteiger partial charge in [0, 0.05) is 19.1 Å². The molecule has 0 unspecified atom stereocenters. The largest absolute Gasteiger partial charge is 0.351 e. The quantitative estimate of drug-likeness (QED) is 0.906. The van der Waals surface area contributed by atoms with Crippen molar-refractivity contribution in [1.29, 1.82) is 0 Å². The highest BCUT2D eigenvalue weighted by Gasteiger charge is 2.38. The van der Waals surface area contributed by atoms with Crippen molar-refractivity contribution in [3.63, 3.8) is 0 Å². The number of piperidine rings is 1. The van der Waals surface area contributed by atoms with Gasteiger partial charge in [-0.3, -0.25) is 9.69 Å². The van der Waals surface area contributed by atoms with Crippen LogP contribution in [0.25, 0.3) is 5.69 Å². The van der Waals surface area contributed by atoms with Gasteiger partial charge >= 0.3 is 0 Å². The molecule has 1 aromatic heterocycles. The zero-order chi connectivity index (χ0) is 15.6. The van der Waals surface area contributed by atoms with Crippen molar-refractivity contribution < 1.29 is 4.79 Å². The van der Waals surface area contributed by atoms with Crippen molar-refractivity contribution in [3.8, 4) is 5.69 Å². The minimum absolute atomic E-state index is 0.123. The molecule has 1 aliphatic carbocycles. The summed E-state index contributed by atoms with van der Waals surface area (Å²) in [5.74, 6) is 0.954. The fourth-order valence-electron chi connectivity index (χ4n) is 3.77. The van der Waals surface area contributed by atoms with Crippen molar-refractivity contribution in [2.24, 2.45) is 5.92 Å². The molecule has 2 fully saturated rings. The summed E-state index contributed by atoms with van der Waals surface area (Å²) in [6.07, 6.45) is 7.08. The maximum Gasteiger partial charge on any atom is 0.234 e. The first-order chi connectivity index (χ1) is 11.3. The van der Waals surface area contributed by atoms with Crippen LogP contribution in [0.15, 0.2) is 36.9 Å². The Morgan fingerprint density at radius 3 is 2.78 bits per heavy atom. The molecule has 1 N–H and O–H groups in total. The van der Waals surface area contributed by atoms with E-state index in [0.29, 0.717) is 19.1 Å². The lowest BCUT2D eigenvalue weighted by molar-refractivity contribution is -0.122. The van der Waals surface area contributed by atoms with E-state index in [1.807, 2.05) is 24.3 Å². The lowest BCUT2D eigenvalue weighted by Gasteiger charge is -2.25. The number of nitrogens with zero attached hydrogens (tertiary/aromatic N) is 4. The molecule has 1 saturated heterocycles. The molecule has 2 aromatic rings. The normalized spacial score (nSPS) is 23.3. The second-order valence-electron chi connectivity index (χ2n) is 6.55. The second kappa shape index (κ2) is 6.12. The third-order valence-corrected chi connectivity index (χ3v) is 4.98. The molecular weight excluding hydrogens is 290 g/mol. The molecule has 2 aliphatic rings. The van der Waals surface area contributed by atoms with Crippen molar-refractivity contribution in [2.75, 3.05) is 13.1 Å². The number of hydrogen-bond donors (Lipinski definition) is 1. The number of nitrogens with one attached hydrogen (secondary N) is 1. The van der Waals surface area contributed by atoms with E-state index in [-0.39, 0.29) is 5.91 Å². The number of rotatable bonds is 5. The number of likely N-dealkylation sites (tertiary alicyclic amines) is 1. The zero-order valence-electron chi connectivity index (χ0n) is 13.1. The summed E-state index contributed by atoms with van der Waals surface area (Å²) in [4.78, 5) is 18.4. The molecule has 2 heterocycles. The minimum Gasteiger partial charge on any atom is -0.351 e. The van der Waals surface area contributed by atoms with E-state index in [1.165, 1.54) is 25.6 Å². The lowest BCUT2D eigenvalue weighted by atomic mass is 10.1. The maximum absolute atomic E-state index is 12.1. The van der Waals surface area contributed by atoms with Crippen LogP contribution in [0, 0.1) is 5.92 Å². The number of amides is 1. The zero-order valence-corrected chi connectivity index (χ0v) is 13.1. The van der Waals surface area contributed by atoms with Crippen LogP contribution in [0.3, 0.4) is 0 Å². The fraction of sp³-hybridized carbons (Fsp3) is 0.471. The summed E-state index contributed by atoms with van der Waals surface area (Å²) in [7, 11) is 0. The van der Waals surface area contributed by atoms with E-state index in [2.05, 4.69) is 20.3 Å². The number of benzene rings is 1. The lowest BCUT2D eigenvalue weighted by Crippen LogP contribution is -2.40. The Hall–Kier alpha value is -2.21. The molecule has 120 valence electrons. The molecule has 0 radical (unpaired) electrons. The van der Waals surface area contributed by atoms with Gasteiger partial charge in [0.15, 0.2) is 0 Å². The number of carbonyl (C=O) groups excluding carboxylic acids is 1. The van der Waals surface area contributed by atoms with E-state index >= 15 is 0 Å². The SMILES string of the molecule is O=C(CN1C[C@H]2CC[C@@H]1C2)NCc1ccc(-n2cncn2)cc1. The molecule has 1 aliphatic heterocycles. The van der Waals surface area contributed by atoms with Gasteiger partial charge in [-0.05, 0) is 42.9 Å². The van der Waals surface area contributed by atoms with Gasteiger partial charge in [-0.15, -0.1) is 0 Å². The topological polar surface area (TPSA) is 63.1 Å². The molecule has 6 nitrogen and oxygen atoms in total.